The van der Waals surface area contributed by atoms with E-state index in [9.17, 15) is 0 Å². The molecule has 15 heavy (non-hydrogen) atoms. The van der Waals surface area contributed by atoms with Crippen molar-refractivity contribution in [3.8, 4) is 0 Å². The molecular weight excluding hydrogens is 208 g/mol. The summed E-state index contributed by atoms with van der Waals surface area (Å²) in [5, 5.41) is 4.14. The number of rotatable bonds is 3. The summed E-state index contributed by atoms with van der Waals surface area (Å²) in [4.78, 5) is 2.54. The quantitative estimate of drug-likeness (QED) is 0.802. The van der Waals surface area contributed by atoms with Crippen molar-refractivity contribution in [3.63, 3.8) is 0 Å². The van der Waals surface area contributed by atoms with Crippen LogP contribution in [-0.4, -0.2) is 36.1 Å². The summed E-state index contributed by atoms with van der Waals surface area (Å²) in [5.41, 5.74) is 0.307. The standard InChI is InChI=1S/C12H23ClN2/c1-10(13)9-14-11-5-7-15(8-6-11)12(2,3)4/h11,14H,1,5-9H2,2-4H3. The van der Waals surface area contributed by atoms with Gasteiger partial charge in [0.25, 0.3) is 0 Å². The van der Waals surface area contributed by atoms with Crippen LogP contribution in [0.15, 0.2) is 11.6 Å². The van der Waals surface area contributed by atoms with Gasteiger partial charge in [0.1, 0.15) is 0 Å². The molecule has 2 nitrogen and oxygen atoms in total. The van der Waals surface area contributed by atoms with E-state index in [1.807, 2.05) is 0 Å². The predicted molar refractivity (Wildman–Crippen MR) is 67.3 cm³/mol. The van der Waals surface area contributed by atoms with Gasteiger partial charge in [-0.25, -0.2) is 0 Å². The third-order valence-electron chi connectivity index (χ3n) is 3.03. The van der Waals surface area contributed by atoms with Crippen LogP contribution in [0, 0.1) is 0 Å². The minimum Gasteiger partial charge on any atom is -0.309 e. The summed E-state index contributed by atoms with van der Waals surface area (Å²) in [7, 11) is 0. The zero-order valence-corrected chi connectivity index (χ0v) is 10.9. The van der Waals surface area contributed by atoms with Crippen molar-refractivity contribution >= 4 is 11.6 Å². The van der Waals surface area contributed by atoms with Crippen LogP contribution in [0.4, 0.5) is 0 Å². The molecule has 0 atom stereocenters. The summed E-state index contributed by atoms with van der Waals surface area (Å²) in [6, 6.07) is 0.610. The van der Waals surface area contributed by atoms with Gasteiger partial charge in [-0.3, -0.25) is 4.90 Å². The van der Waals surface area contributed by atoms with Gasteiger partial charge in [-0.05, 0) is 33.6 Å². The van der Waals surface area contributed by atoms with Crippen molar-refractivity contribution in [1.82, 2.24) is 10.2 Å². The van der Waals surface area contributed by atoms with E-state index < -0.39 is 0 Å². The molecule has 1 aliphatic heterocycles. The molecule has 0 amide bonds. The van der Waals surface area contributed by atoms with Crippen LogP contribution >= 0.6 is 11.6 Å². The van der Waals surface area contributed by atoms with Crippen LogP contribution in [-0.2, 0) is 0 Å². The lowest BCUT2D eigenvalue weighted by Crippen LogP contribution is -2.50. The van der Waals surface area contributed by atoms with Gasteiger partial charge >= 0.3 is 0 Å². The molecule has 1 heterocycles. The van der Waals surface area contributed by atoms with Crippen molar-refractivity contribution in [2.24, 2.45) is 0 Å². The largest absolute Gasteiger partial charge is 0.309 e. The number of hydrogen-bond acceptors (Lipinski definition) is 2. The molecule has 1 saturated heterocycles. The third kappa shape index (κ3) is 4.54. The smallest absolute Gasteiger partial charge is 0.0310 e. The maximum absolute atomic E-state index is 5.73. The van der Waals surface area contributed by atoms with Gasteiger partial charge in [-0.15, -0.1) is 0 Å². The highest BCUT2D eigenvalue weighted by molar-refractivity contribution is 6.29. The van der Waals surface area contributed by atoms with E-state index in [1.165, 1.54) is 25.9 Å². The zero-order valence-electron chi connectivity index (χ0n) is 10.1. The fourth-order valence-electron chi connectivity index (χ4n) is 2.01. The topological polar surface area (TPSA) is 15.3 Å². The van der Waals surface area contributed by atoms with Crippen LogP contribution in [0.5, 0.6) is 0 Å². The first-order valence-corrected chi connectivity index (χ1v) is 6.09. The fraction of sp³-hybridized carbons (Fsp3) is 0.833. The van der Waals surface area contributed by atoms with Crippen molar-refractivity contribution in [2.75, 3.05) is 19.6 Å². The van der Waals surface area contributed by atoms with Crippen molar-refractivity contribution < 1.29 is 0 Å². The van der Waals surface area contributed by atoms with E-state index in [1.54, 1.807) is 0 Å². The molecule has 0 saturated carbocycles. The Morgan fingerprint density at radius 1 is 1.40 bits per heavy atom. The zero-order chi connectivity index (χ0) is 11.5. The lowest BCUT2D eigenvalue weighted by molar-refractivity contribution is 0.0970. The molecular formula is C12H23ClN2. The van der Waals surface area contributed by atoms with Crippen LogP contribution < -0.4 is 5.32 Å². The van der Waals surface area contributed by atoms with Crippen molar-refractivity contribution in [3.05, 3.63) is 11.6 Å². The Balaban J connectivity index is 2.27. The van der Waals surface area contributed by atoms with Crippen LogP contribution in [0.2, 0.25) is 0 Å². The third-order valence-corrected chi connectivity index (χ3v) is 3.16. The highest BCUT2D eigenvalue weighted by atomic mass is 35.5. The summed E-state index contributed by atoms with van der Waals surface area (Å²) < 4.78 is 0. The molecule has 88 valence electrons. The van der Waals surface area contributed by atoms with Crippen LogP contribution in [0.1, 0.15) is 33.6 Å². The SMILES string of the molecule is C=C(Cl)CNC1CCN(C(C)(C)C)CC1. The molecule has 0 unspecified atom stereocenters. The van der Waals surface area contributed by atoms with Gasteiger partial charge < -0.3 is 5.32 Å². The van der Waals surface area contributed by atoms with E-state index in [0.29, 0.717) is 16.6 Å². The predicted octanol–water partition coefficient (Wildman–Crippen LogP) is 2.59. The van der Waals surface area contributed by atoms with Crippen molar-refractivity contribution in [2.45, 2.75) is 45.2 Å². The highest BCUT2D eigenvalue weighted by Gasteiger charge is 2.26. The summed E-state index contributed by atoms with van der Waals surface area (Å²) >= 11 is 5.73. The fourth-order valence-corrected chi connectivity index (χ4v) is 2.09. The number of nitrogens with one attached hydrogen (secondary N) is 1. The Bertz CT molecular complexity index is 212. The maximum Gasteiger partial charge on any atom is 0.0310 e. The molecule has 0 radical (unpaired) electrons. The first kappa shape index (κ1) is 13.0. The minimum absolute atomic E-state index is 0.307. The number of hydrogen-bond donors (Lipinski definition) is 1. The number of likely N-dealkylation sites (tertiary alicyclic amines) is 1. The molecule has 1 N–H and O–H groups in total. The van der Waals surface area contributed by atoms with Gasteiger partial charge in [0.2, 0.25) is 0 Å². The molecule has 3 heteroatoms. The summed E-state index contributed by atoms with van der Waals surface area (Å²) in [5.74, 6) is 0. The average Bonchev–Trinajstić information content (AvgIpc) is 2.14. The molecule has 1 rings (SSSR count). The normalized spacial score (nSPS) is 20.5. The number of halogens is 1. The summed E-state index contributed by atoms with van der Waals surface area (Å²) in [6.07, 6.45) is 2.42. The molecule has 0 aromatic rings. The van der Waals surface area contributed by atoms with Gasteiger partial charge in [-0.2, -0.15) is 0 Å². The van der Waals surface area contributed by atoms with Gasteiger partial charge in [-0.1, -0.05) is 18.2 Å². The first-order valence-electron chi connectivity index (χ1n) is 5.71. The number of piperidine rings is 1. The van der Waals surface area contributed by atoms with E-state index >= 15 is 0 Å². The monoisotopic (exact) mass is 230 g/mol. The van der Waals surface area contributed by atoms with Crippen LogP contribution in [0.25, 0.3) is 0 Å². The molecule has 1 aliphatic rings. The van der Waals surface area contributed by atoms with Crippen molar-refractivity contribution in [1.29, 1.82) is 0 Å². The van der Waals surface area contributed by atoms with E-state index in [2.05, 4.69) is 37.6 Å². The summed E-state index contributed by atoms with van der Waals surface area (Å²) in [6.45, 7) is 13.6. The Morgan fingerprint density at radius 2 is 1.93 bits per heavy atom. The molecule has 0 bridgehead atoms. The van der Waals surface area contributed by atoms with E-state index in [0.717, 1.165) is 6.54 Å². The van der Waals surface area contributed by atoms with Gasteiger partial charge in [0.05, 0.1) is 0 Å². The first-order chi connectivity index (χ1) is 6.89. The molecule has 0 aliphatic carbocycles. The second-order valence-electron chi connectivity index (χ2n) is 5.33. The van der Waals surface area contributed by atoms with Crippen LogP contribution in [0.3, 0.4) is 0 Å². The Kier molecular flexibility index (Phi) is 4.63. The van der Waals surface area contributed by atoms with Gasteiger partial charge in [0.15, 0.2) is 0 Å². The average molecular weight is 231 g/mol. The highest BCUT2D eigenvalue weighted by Crippen LogP contribution is 2.20. The Hall–Kier alpha value is -0.0500. The van der Waals surface area contributed by atoms with E-state index in [-0.39, 0.29) is 0 Å². The Morgan fingerprint density at radius 3 is 2.33 bits per heavy atom. The number of nitrogens with zero attached hydrogens (tertiary/aromatic N) is 1. The second-order valence-corrected chi connectivity index (χ2v) is 5.86. The van der Waals surface area contributed by atoms with E-state index in [4.69, 9.17) is 11.6 Å². The molecule has 0 aromatic heterocycles. The Labute approximate surface area is 98.7 Å². The lowest BCUT2D eigenvalue weighted by Gasteiger charge is -2.41. The molecule has 1 fully saturated rings. The minimum atomic E-state index is 0.307. The lowest BCUT2D eigenvalue weighted by atomic mass is 9.98. The second kappa shape index (κ2) is 5.33. The molecule has 0 spiro atoms. The van der Waals surface area contributed by atoms with Gasteiger partial charge in [0, 0.05) is 36.2 Å². The molecule has 0 aromatic carbocycles. The maximum atomic E-state index is 5.73.